The van der Waals surface area contributed by atoms with Crippen LogP contribution in [-0.2, 0) is 16.1 Å². The predicted octanol–water partition coefficient (Wildman–Crippen LogP) is 3.16. The molecule has 1 aromatic carbocycles. The molecule has 1 N–H and O–H groups in total. The summed E-state index contributed by atoms with van der Waals surface area (Å²) >= 11 is 1.50. The van der Waals surface area contributed by atoms with Gasteiger partial charge < -0.3 is 9.84 Å². The lowest BCUT2D eigenvalue weighted by molar-refractivity contribution is -0.142. The van der Waals surface area contributed by atoms with Gasteiger partial charge in [-0.3, -0.25) is 0 Å². The molecule has 3 nitrogen and oxygen atoms in total. The van der Waals surface area contributed by atoms with Gasteiger partial charge in [0.2, 0.25) is 0 Å². The lowest BCUT2D eigenvalue weighted by Crippen LogP contribution is -2.05. The summed E-state index contributed by atoms with van der Waals surface area (Å²) in [6, 6.07) is 10.0. The van der Waals surface area contributed by atoms with E-state index in [0.717, 1.165) is 15.3 Å². The van der Waals surface area contributed by atoms with Crippen LogP contribution in [0.2, 0.25) is 0 Å². The summed E-state index contributed by atoms with van der Waals surface area (Å²) < 4.78 is 17.8. The number of carboxylic acid groups (broad SMARTS) is 1. The van der Waals surface area contributed by atoms with Crippen LogP contribution >= 0.6 is 11.3 Å². The Hall–Kier alpha value is -1.72. The minimum Gasteiger partial charge on any atom is -0.480 e. The fourth-order valence-electron chi connectivity index (χ4n) is 1.46. The summed E-state index contributed by atoms with van der Waals surface area (Å²) in [5, 5.41) is 8.44. The summed E-state index contributed by atoms with van der Waals surface area (Å²) in [5.74, 6) is -1.24. The van der Waals surface area contributed by atoms with Crippen molar-refractivity contribution in [3.8, 4) is 10.4 Å². The smallest absolute Gasteiger partial charge is 0.329 e. The second-order valence-electron chi connectivity index (χ2n) is 3.66. The molecule has 2 rings (SSSR count). The average Bonchev–Trinajstić information content (AvgIpc) is 2.78. The van der Waals surface area contributed by atoms with E-state index >= 15 is 0 Å². The van der Waals surface area contributed by atoms with Crippen molar-refractivity contribution in [1.29, 1.82) is 0 Å². The van der Waals surface area contributed by atoms with Crippen LogP contribution in [-0.4, -0.2) is 17.7 Å². The Labute approximate surface area is 107 Å². The fraction of sp³-hybridized carbons (Fsp3) is 0.154. The summed E-state index contributed by atoms with van der Waals surface area (Å²) in [5.41, 5.74) is 0.936. The monoisotopic (exact) mass is 266 g/mol. The quantitative estimate of drug-likeness (QED) is 0.904. The molecular weight excluding hydrogens is 255 g/mol. The van der Waals surface area contributed by atoms with Gasteiger partial charge in [0, 0.05) is 9.75 Å². The molecule has 0 radical (unpaired) electrons. The van der Waals surface area contributed by atoms with Gasteiger partial charge in [-0.1, -0.05) is 12.1 Å². The zero-order valence-corrected chi connectivity index (χ0v) is 10.2. The number of hydrogen-bond acceptors (Lipinski definition) is 3. The molecule has 5 heteroatoms. The van der Waals surface area contributed by atoms with Crippen molar-refractivity contribution < 1.29 is 19.0 Å². The van der Waals surface area contributed by atoms with Crippen molar-refractivity contribution in [3.05, 3.63) is 47.1 Å². The SMILES string of the molecule is O=C(O)COCc1ccc(-c2ccc(F)cc2)s1. The van der Waals surface area contributed by atoms with Crippen LogP contribution in [0.3, 0.4) is 0 Å². The largest absolute Gasteiger partial charge is 0.480 e. The lowest BCUT2D eigenvalue weighted by atomic mass is 10.2. The highest BCUT2D eigenvalue weighted by atomic mass is 32.1. The minimum atomic E-state index is -0.981. The normalized spacial score (nSPS) is 10.5. The van der Waals surface area contributed by atoms with Crippen LogP contribution < -0.4 is 0 Å². The van der Waals surface area contributed by atoms with E-state index in [-0.39, 0.29) is 19.0 Å². The number of rotatable bonds is 5. The van der Waals surface area contributed by atoms with Gasteiger partial charge >= 0.3 is 5.97 Å². The van der Waals surface area contributed by atoms with Gasteiger partial charge in [-0.05, 0) is 29.8 Å². The van der Waals surface area contributed by atoms with Gasteiger partial charge in [-0.25, -0.2) is 9.18 Å². The topological polar surface area (TPSA) is 46.5 Å². The number of hydrogen-bond donors (Lipinski definition) is 1. The molecule has 0 aliphatic carbocycles. The van der Waals surface area contributed by atoms with E-state index in [4.69, 9.17) is 9.84 Å². The average molecular weight is 266 g/mol. The second kappa shape index (κ2) is 5.75. The Kier molecular flexibility index (Phi) is 4.07. The van der Waals surface area contributed by atoms with E-state index < -0.39 is 5.97 Å². The number of benzene rings is 1. The van der Waals surface area contributed by atoms with Crippen molar-refractivity contribution in [2.45, 2.75) is 6.61 Å². The first-order valence-electron chi connectivity index (χ1n) is 5.29. The van der Waals surface area contributed by atoms with Gasteiger partial charge in [0.15, 0.2) is 0 Å². The van der Waals surface area contributed by atoms with Crippen molar-refractivity contribution in [2.24, 2.45) is 0 Å². The van der Waals surface area contributed by atoms with Gasteiger partial charge in [0.05, 0.1) is 6.61 Å². The number of carboxylic acids is 1. The van der Waals surface area contributed by atoms with Gasteiger partial charge in [-0.2, -0.15) is 0 Å². The van der Waals surface area contributed by atoms with Crippen LogP contribution in [0.15, 0.2) is 36.4 Å². The molecule has 0 aliphatic rings. The first kappa shape index (κ1) is 12.7. The Morgan fingerprint density at radius 2 is 1.94 bits per heavy atom. The highest BCUT2D eigenvalue weighted by Crippen LogP contribution is 2.28. The van der Waals surface area contributed by atoms with Crippen molar-refractivity contribution in [3.63, 3.8) is 0 Å². The van der Waals surface area contributed by atoms with E-state index in [1.165, 1.54) is 23.5 Å². The molecular formula is C13H11FO3S. The van der Waals surface area contributed by atoms with Crippen LogP contribution in [0.4, 0.5) is 4.39 Å². The van der Waals surface area contributed by atoms with Crippen LogP contribution in [0.25, 0.3) is 10.4 Å². The predicted molar refractivity (Wildman–Crippen MR) is 67.0 cm³/mol. The maximum absolute atomic E-state index is 12.8. The number of ether oxygens (including phenoxy) is 1. The molecule has 0 saturated carbocycles. The summed E-state index contributed by atoms with van der Waals surface area (Å²) in [6.45, 7) is -0.0259. The number of aliphatic carboxylic acids is 1. The maximum Gasteiger partial charge on any atom is 0.329 e. The molecule has 0 atom stereocenters. The molecule has 1 aromatic heterocycles. The maximum atomic E-state index is 12.8. The Morgan fingerprint density at radius 3 is 2.61 bits per heavy atom. The number of halogens is 1. The van der Waals surface area contributed by atoms with Crippen molar-refractivity contribution in [2.75, 3.05) is 6.61 Å². The molecule has 1 heterocycles. The Morgan fingerprint density at radius 1 is 1.22 bits per heavy atom. The van der Waals surface area contributed by atoms with Crippen LogP contribution in [0.5, 0.6) is 0 Å². The molecule has 0 aliphatic heterocycles. The molecule has 94 valence electrons. The third kappa shape index (κ3) is 3.38. The van der Waals surface area contributed by atoms with E-state index in [1.54, 1.807) is 12.1 Å². The molecule has 18 heavy (non-hydrogen) atoms. The fourth-order valence-corrected chi connectivity index (χ4v) is 2.41. The van der Waals surface area contributed by atoms with Gasteiger partial charge in [-0.15, -0.1) is 11.3 Å². The zero-order valence-electron chi connectivity index (χ0n) is 9.43. The molecule has 0 fully saturated rings. The van der Waals surface area contributed by atoms with E-state index in [2.05, 4.69) is 0 Å². The molecule has 2 aromatic rings. The lowest BCUT2D eigenvalue weighted by Gasteiger charge is -1.98. The van der Waals surface area contributed by atoms with Crippen molar-refractivity contribution in [1.82, 2.24) is 0 Å². The molecule has 0 spiro atoms. The highest BCUT2D eigenvalue weighted by Gasteiger charge is 2.04. The Balaban J connectivity index is 2.01. The van der Waals surface area contributed by atoms with Crippen LogP contribution in [0.1, 0.15) is 4.88 Å². The molecule has 0 amide bonds. The summed E-state index contributed by atoms with van der Waals surface area (Å²) in [7, 11) is 0. The third-order valence-corrected chi connectivity index (χ3v) is 3.37. The van der Waals surface area contributed by atoms with E-state index in [1.807, 2.05) is 12.1 Å². The first-order valence-corrected chi connectivity index (χ1v) is 6.11. The summed E-state index contributed by atoms with van der Waals surface area (Å²) in [6.07, 6.45) is 0. The molecule has 0 bridgehead atoms. The standard InChI is InChI=1S/C13H11FO3S/c14-10-3-1-9(2-4-10)12-6-5-11(18-12)7-17-8-13(15)16/h1-6H,7-8H2,(H,15,16). The van der Waals surface area contributed by atoms with E-state index in [0.29, 0.717) is 0 Å². The zero-order chi connectivity index (χ0) is 13.0. The highest BCUT2D eigenvalue weighted by molar-refractivity contribution is 7.15. The summed E-state index contributed by atoms with van der Waals surface area (Å²) in [4.78, 5) is 12.2. The number of thiophene rings is 1. The van der Waals surface area contributed by atoms with Gasteiger partial charge in [0.25, 0.3) is 0 Å². The minimum absolute atomic E-state index is 0.264. The molecule has 0 unspecified atom stereocenters. The third-order valence-electron chi connectivity index (χ3n) is 2.26. The van der Waals surface area contributed by atoms with E-state index in [9.17, 15) is 9.18 Å². The Bertz CT molecular complexity index is 533. The van der Waals surface area contributed by atoms with Gasteiger partial charge in [0.1, 0.15) is 12.4 Å². The van der Waals surface area contributed by atoms with Crippen molar-refractivity contribution >= 4 is 17.3 Å². The van der Waals surface area contributed by atoms with Crippen LogP contribution in [0, 0.1) is 5.82 Å². The first-order chi connectivity index (χ1) is 8.65. The second-order valence-corrected chi connectivity index (χ2v) is 4.83. The molecule has 0 saturated heterocycles. The number of carbonyl (C=O) groups is 1.